The largest absolute Gasteiger partial charge is 0.347 e. The molecule has 1 aliphatic rings. The first-order valence-electron chi connectivity index (χ1n) is 8.30. The number of rotatable bonds is 5. The highest BCUT2D eigenvalue weighted by molar-refractivity contribution is 6.34. The van der Waals surface area contributed by atoms with E-state index < -0.39 is 0 Å². The summed E-state index contributed by atoms with van der Waals surface area (Å²) in [5, 5.41) is 8.27. The number of likely N-dealkylation sites (tertiary alicyclic amines) is 1. The average Bonchev–Trinajstić information content (AvgIpc) is 2.95. The van der Waals surface area contributed by atoms with Crippen LogP contribution >= 0.6 is 11.6 Å². The van der Waals surface area contributed by atoms with Crippen LogP contribution < -0.4 is 5.32 Å². The van der Waals surface area contributed by atoms with Crippen molar-refractivity contribution < 1.29 is 9.59 Å². The zero-order valence-electron chi connectivity index (χ0n) is 13.5. The number of hydrogen-bond acceptors (Lipinski definition) is 3. The fourth-order valence-corrected chi connectivity index (χ4v) is 3.23. The van der Waals surface area contributed by atoms with Crippen molar-refractivity contribution >= 4 is 34.3 Å². The number of hydrogen-bond donors (Lipinski definition) is 1. The summed E-state index contributed by atoms with van der Waals surface area (Å²) in [5.74, 6) is -0.160. The van der Waals surface area contributed by atoms with Crippen molar-refractivity contribution in [3.63, 3.8) is 0 Å². The number of benzene rings is 1. The Morgan fingerprint density at radius 3 is 2.71 bits per heavy atom. The van der Waals surface area contributed by atoms with Gasteiger partial charge < -0.3 is 10.2 Å². The molecular weight excluding hydrogens is 328 g/mol. The van der Waals surface area contributed by atoms with Crippen molar-refractivity contribution in [2.45, 2.75) is 32.2 Å². The maximum Gasteiger partial charge on any atom is 0.241 e. The molecule has 0 aliphatic carbocycles. The van der Waals surface area contributed by atoms with E-state index in [0.717, 1.165) is 36.8 Å². The summed E-state index contributed by atoms with van der Waals surface area (Å²) in [6, 6.07) is 7.64. The summed E-state index contributed by atoms with van der Waals surface area (Å²) in [7, 11) is 0. The lowest BCUT2D eigenvalue weighted by Crippen LogP contribution is -2.42. The maximum absolute atomic E-state index is 12.0. The SMILES string of the molecule is O=C(CCn1nc(Cl)c2ccccc21)NCC(=O)N1CCCCC1. The number of halogens is 1. The van der Waals surface area contributed by atoms with Crippen molar-refractivity contribution in [1.29, 1.82) is 0 Å². The molecule has 1 fully saturated rings. The van der Waals surface area contributed by atoms with Crippen molar-refractivity contribution in [2.75, 3.05) is 19.6 Å². The molecule has 2 heterocycles. The van der Waals surface area contributed by atoms with Crippen LogP contribution in [0.15, 0.2) is 24.3 Å². The van der Waals surface area contributed by atoms with E-state index in [2.05, 4.69) is 10.4 Å². The summed E-state index contributed by atoms with van der Waals surface area (Å²) in [5.41, 5.74) is 0.902. The first-order valence-corrected chi connectivity index (χ1v) is 8.68. The number of aromatic nitrogens is 2. The van der Waals surface area contributed by atoms with Crippen molar-refractivity contribution in [1.82, 2.24) is 20.0 Å². The molecule has 2 aromatic rings. The highest BCUT2D eigenvalue weighted by atomic mass is 35.5. The molecule has 0 unspecified atom stereocenters. The van der Waals surface area contributed by atoms with Gasteiger partial charge in [-0.2, -0.15) is 5.10 Å². The van der Waals surface area contributed by atoms with Crippen LogP contribution in [0.3, 0.4) is 0 Å². The van der Waals surface area contributed by atoms with Gasteiger partial charge in [-0.3, -0.25) is 14.3 Å². The Labute approximate surface area is 145 Å². The molecule has 1 N–H and O–H groups in total. The molecule has 3 rings (SSSR count). The van der Waals surface area contributed by atoms with E-state index in [4.69, 9.17) is 11.6 Å². The normalized spacial score (nSPS) is 14.8. The van der Waals surface area contributed by atoms with Crippen molar-refractivity contribution in [3.05, 3.63) is 29.4 Å². The second-order valence-corrected chi connectivity index (χ2v) is 6.36. The third-order valence-electron chi connectivity index (χ3n) is 4.31. The Morgan fingerprint density at radius 2 is 1.92 bits per heavy atom. The van der Waals surface area contributed by atoms with E-state index in [1.807, 2.05) is 29.2 Å². The molecule has 1 aliphatic heterocycles. The summed E-state index contributed by atoms with van der Waals surface area (Å²) in [6.07, 6.45) is 3.53. The van der Waals surface area contributed by atoms with Crippen LogP contribution in [0.4, 0.5) is 0 Å². The van der Waals surface area contributed by atoms with E-state index in [9.17, 15) is 9.59 Å². The zero-order valence-corrected chi connectivity index (χ0v) is 14.3. The van der Waals surface area contributed by atoms with Crippen LogP contribution in [0.1, 0.15) is 25.7 Å². The molecule has 1 saturated heterocycles. The average molecular weight is 349 g/mol. The van der Waals surface area contributed by atoms with Gasteiger partial charge in [-0.25, -0.2) is 0 Å². The van der Waals surface area contributed by atoms with Crippen LogP contribution in [-0.4, -0.2) is 46.1 Å². The van der Waals surface area contributed by atoms with E-state index >= 15 is 0 Å². The number of amides is 2. The fourth-order valence-electron chi connectivity index (χ4n) is 2.98. The number of carbonyl (C=O) groups excluding carboxylic acids is 2. The lowest BCUT2D eigenvalue weighted by molar-refractivity contribution is -0.133. The number of nitrogens with one attached hydrogen (secondary N) is 1. The Bertz CT molecular complexity index is 737. The molecule has 7 heteroatoms. The predicted molar refractivity (Wildman–Crippen MR) is 92.8 cm³/mol. The first-order chi connectivity index (χ1) is 11.6. The topological polar surface area (TPSA) is 67.2 Å². The predicted octanol–water partition coefficient (Wildman–Crippen LogP) is 2.21. The standard InChI is InChI=1S/C17H21ClN4O2/c18-17-13-6-2-3-7-14(13)22(20-17)11-8-15(23)19-12-16(24)21-9-4-1-5-10-21/h2-3,6-7H,1,4-5,8-12H2,(H,19,23). The Kier molecular flexibility index (Phi) is 5.35. The number of aryl methyl sites for hydroxylation is 1. The van der Waals surface area contributed by atoms with Crippen LogP contribution in [0.2, 0.25) is 5.15 Å². The quantitative estimate of drug-likeness (QED) is 0.900. The van der Waals surface area contributed by atoms with Gasteiger partial charge in [-0.05, 0) is 31.4 Å². The molecule has 0 radical (unpaired) electrons. The molecule has 0 saturated carbocycles. The number of fused-ring (bicyclic) bond motifs is 1. The van der Waals surface area contributed by atoms with E-state index in [-0.39, 0.29) is 24.8 Å². The Hall–Kier alpha value is -2.08. The van der Waals surface area contributed by atoms with Gasteiger partial charge in [0.15, 0.2) is 5.15 Å². The molecule has 128 valence electrons. The Balaban J connectivity index is 1.49. The first kappa shape index (κ1) is 16.8. The summed E-state index contributed by atoms with van der Waals surface area (Å²) in [6.45, 7) is 2.09. The monoisotopic (exact) mass is 348 g/mol. The molecule has 24 heavy (non-hydrogen) atoms. The van der Waals surface area contributed by atoms with Gasteiger partial charge in [0.05, 0.1) is 18.6 Å². The molecule has 1 aromatic heterocycles. The molecule has 1 aromatic carbocycles. The van der Waals surface area contributed by atoms with Crippen LogP contribution in [0, 0.1) is 0 Å². The van der Waals surface area contributed by atoms with E-state index in [1.165, 1.54) is 6.42 Å². The van der Waals surface area contributed by atoms with Gasteiger partial charge in [-0.15, -0.1) is 0 Å². The van der Waals surface area contributed by atoms with Gasteiger partial charge in [0.1, 0.15) is 0 Å². The van der Waals surface area contributed by atoms with Gasteiger partial charge >= 0.3 is 0 Å². The van der Waals surface area contributed by atoms with E-state index in [0.29, 0.717) is 11.7 Å². The van der Waals surface area contributed by atoms with Gasteiger partial charge in [0.25, 0.3) is 0 Å². The number of nitrogens with zero attached hydrogens (tertiary/aromatic N) is 3. The van der Waals surface area contributed by atoms with Gasteiger partial charge in [0.2, 0.25) is 11.8 Å². The molecule has 0 atom stereocenters. The van der Waals surface area contributed by atoms with Crippen LogP contribution in [0.25, 0.3) is 10.9 Å². The molecule has 0 spiro atoms. The Morgan fingerprint density at radius 1 is 1.17 bits per heavy atom. The summed E-state index contributed by atoms with van der Waals surface area (Å²) < 4.78 is 1.73. The number of carbonyl (C=O) groups is 2. The van der Waals surface area contributed by atoms with Crippen molar-refractivity contribution in [3.8, 4) is 0 Å². The third kappa shape index (κ3) is 3.87. The minimum Gasteiger partial charge on any atom is -0.347 e. The highest BCUT2D eigenvalue weighted by Gasteiger charge is 2.17. The maximum atomic E-state index is 12.0. The minimum absolute atomic E-state index is 0.00404. The van der Waals surface area contributed by atoms with Gasteiger partial charge in [-0.1, -0.05) is 23.7 Å². The number of piperidine rings is 1. The molecule has 2 amide bonds. The second kappa shape index (κ2) is 7.66. The van der Waals surface area contributed by atoms with Crippen LogP contribution in [-0.2, 0) is 16.1 Å². The number of para-hydroxylation sites is 1. The second-order valence-electron chi connectivity index (χ2n) is 6.00. The lowest BCUT2D eigenvalue weighted by atomic mass is 10.1. The molecule has 6 nitrogen and oxygen atoms in total. The fraction of sp³-hybridized carbons (Fsp3) is 0.471. The molecule has 0 bridgehead atoms. The molecular formula is C17H21ClN4O2. The summed E-state index contributed by atoms with van der Waals surface area (Å²) in [4.78, 5) is 25.8. The van der Waals surface area contributed by atoms with E-state index in [1.54, 1.807) is 4.68 Å². The lowest BCUT2D eigenvalue weighted by Gasteiger charge is -2.26. The van der Waals surface area contributed by atoms with Gasteiger partial charge in [0, 0.05) is 24.9 Å². The van der Waals surface area contributed by atoms with Crippen LogP contribution in [0.5, 0.6) is 0 Å². The summed E-state index contributed by atoms with van der Waals surface area (Å²) >= 11 is 6.10. The minimum atomic E-state index is -0.156. The smallest absolute Gasteiger partial charge is 0.241 e. The third-order valence-corrected chi connectivity index (χ3v) is 4.59. The van der Waals surface area contributed by atoms with Crippen molar-refractivity contribution in [2.24, 2.45) is 0 Å². The highest BCUT2D eigenvalue weighted by Crippen LogP contribution is 2.22. The zero-order chi connectivity index (χ0) is 16.9.